The van der Waals surface area contributed by atoms with Crippen molar-refractivity contribution >= 4 is 5.69 Å². The SMILES string of the molecule is CCNCCCNc1ccnc(OC)c1. The second-order valence-electron chi connectivity index (χ2n) is 3.22. The minimum Gasteiger partial charge on any atom is -0.481 e. The maximum absolute atomic E-state index is 5.04. The molecule has 0 radical (unpaired) electrons. The summed E-state index contributed by atoms with van der Waals surface area (Å²) in [4.78, 5) is 4.04. The number of nitrogens with one attached hydrogen (secondary N) is 2. The van der Waals surface area contributed by atoms with Crippen molar-refractivity contribution in [2.24, 2.45) is 0 Å². The van der Waals surface area contributed by atoms with E-state index in [2.05, 4.69) is 22.5 Å². The molecular weight excluding hydrogens is 190 g/mol. The van der Waals surface area contributed by atoms with Crippen molar-refractivity contribution in [3.05, 3.63) is 18.3 Å². The summed E-state index contributed by atoms with van der Waals surface area (Å²) in [5.41, 5.74) is 1.05. The molecule has 0 unspecified atom stereocenters. The molecule has 0 fully saturated rings. The molecular formula is C11H19N3O. The standard InChI is InChI=1S/C11H19N3O/c1-3-12-6-4-7-13-10-5-8-14-11(9-10)15-2/h5,8-9,12H,3-4,6-7H2,1-2H3,(H,13,14). The van der Waals surface area contributed by atoms with Crippen molar-refractivity contribution in [2.75, 3.05) is 32.1 Å². The quantitative estimate of drug-likeness (QED) is 0.668. The van der Waals surface area contributed by atoms with Crippen LogP contribution in [0.25, 0.3) is 0 Å². The fourth-order valence-electron chi connectivity index (χ4n) is 1.25. The molecule has 1 rings (SSSR count). The van der Waals surface area contributed by atoms with Crippen LogP contribution in [-0.4, -0.2) is 31.7 Å². The number of hydrogen-bond donors (Lipinski definition) is 2. The predicted molar refractivity (Wildman–Crippen MR) is 62.4 cm³/mol. The van der Waals surface area contributed by atoms with E-state index in [1.54, 1.807) is 13.3 Å². The third-order valence-corrected chi connectivity index (χ3v) is 2.05. The van der Waals surface area contributed by atoms with Crippen molar-refractivity contribution in [3.8, 4) is 5.88 Å². The van der Waals surface area contributed by atoms with Crippen LogP contribution < -0.4 is 15.4 Å². The molecule has 84 valence electrons. The molecule has 4 nitrogen and oxygen atoms in total. The lowest BCUT2D eigenvalue weighted by molar-refractivity contribution is 0.398. The van der Waals surface area contributed by atoms with E-state index in [1.165, 1.54) is 0 Å². The summed E-state index contributed by atoms with van der Waals surface area (Å²) in [7, 11) is 1.62. The molecule has 4 heteroatoms. The number of pyridine rings is 1. The summed E-state index contributed by atoms with van der Waals surface area (Å²) in [6.07, 6.45) is 2.85. The number of ether oxygens (including phenoxy) is 1. The molecule has 1 heterocycles. The van der Waals surface area contributed by atoms with E-state index in [0.29, 0.717) is 5.88 Å². The zero-order valence-electron chi connectivity index (χ0n) is 9.42. The summed E-state index contributed by atoms with van der Waals surface area (Å²) in [5.74, 6) is 0.645. The molecule has 0 saturated heterocycles. The smallest absolute Gasteiger partial charge is 0.214 e. The van der Waals surface area contributed by atoms with Gasteiger partial charge in [-0.1, -0.05) is 6.92 Å². The van der Waals surface area contributed by atoms with E-state index in [9.17, 15) is 0 Å². The molecule has 15 heavy (non-hydrogen) atoms. The number of nitrogens with zero attached hydrogens (tertiary/aromatic N) is 1. The Morgan fingerprint density at radius 3 is 3.00 bits per heavy atom. The summed E-state index contributed by atoms with van der Waals surface area (Å²) >= 11 is 0. The Morgan fingerprint density at radius 1 is 1.40 bits per heavy atom. The first-order valence-corrected chi connectivity index (χ1v) is 5.31. The van der Waals surface area contributed by atoms with Crippen LogP contribution in [-0.2, 0) is 0 Å². The van der Waals surface area contributed by atoms with Crippen LogP contribution in [0.1, 0.15) is 13.3 Å². The molecule has 1 aromatic rings. The fourth-order valence-corrected chi connectivity index (χ4v) is 1.25. The van der Waals surface area contributed by atoms with Crippen molar-refractivity contribution in [3.63, 3.8) is 0 Å². The van der Waals surface area contributed by atoms with Gasteiger partial charge in [-0.2, -0.15) is 0 Å². The Kier molecular flexibility index (Phi) is 5.55. The van der Waals surface area contributed by atoms with Crippen LogP contribution in [0.3, 0.4) is 0 Å². The fraction of sp³-hybridized carbons (Fsp3) is 0.545. The Hall–Kier alpha value is -1.29. The first-order chi connectivity index (χ1) is 7.36. The van der Waals surface area contributed by atoms with E-state index in [0.717, 1.165) is 31.7 Å². The molecule has 2 N–H and O–H groups in total. The van der Waals surface area contributed by atoms with Crippen molar-refractivity contribution in [1.29, 1.82) is 0 Å². The molecule has 0 saturated carbocycles. The molecule has 0 aliphatic rings. The van der Waals surface area contributed by atoms with E-state index in [-0.39, 0.29) is 0 Å². The maximum atomic E-state index is 5.04. The summed E-state index contributed by atoms with van der Waals surface area (Å²) in [6, 6.07) is 3.84. The van der Waals surface area contributed by atoms with E-state index in [1.807, 2.05) is 12.1 Å². The Bertz CT molecular complexity index is 278. The highest BCUT2D eigenvalue weighted by molar-refractivity contribution is 5.44. The van der Waals surface area contributed by atoms with Crippen LogP contribution in [0.4, 0.5) is 5.69 Å². The second-order valence-corrected chi connectivity index (χ2v) is 3.22. The first kappa shape index (κ1) is 11.8. The zero-order valence-corrected chi connectivity index (χ0v) is 9.42. The van der Waals surface area contributed by atoms with Gasteiger partial charge in [0.2, 0.25) is 5.88 Å². The number of anilines is 1. The number of hydrogen-bond acceptors (Lipinski definition) is 4. The lowest BCUT2D eigenvalue weighted by Gasteiger charge is -2.07. The summed E-state index contributed by atoms with van der Waals surface area (Å²) < 4.78 is 5.04. The van der Waals surface area contributed by atoms with E-state index >= 15 is 0 Å². The molecule has 0 spiro atoms. The summed E-state index contributed by atoms with van der Waals surface area (Å²) in [5, 5.41) is 6.60. The highest BCUT2D eigenvalue weighted by atomic mass is 16.5. The molecule has 1 aromatic heterocycles. The van der Waals surface area contributed by atoms with Gasteiger partial charge in [-0.05, 0) is 25.6 Å². The van der Waals surface area contributed by atoms with Gasteiger partial charge in [-0.25, -0.2) is 4.98 Å². The van der Waals surface area contributed by atoms with Crippen LogP contribution >= 0.6 is 0 Å². The van der Waals surface area contributed by atoms with Crippen molar-refractivity contribution in [1.82, 2.24) is 10.3 Å². The van der Waals surface area contributed by atoms with Gasteiger partial charge < -0.3 is 15.4 Å². The molecule has 0 aliphatic heterocycles. The minimum atomic E-state index is 0.645. The first-order valence-electron chi connectivity index (χ1n) is 5.31. The second kappa shape index (κ2) is 7.06. The molecule has 0 aromatic carbocycles. The van der Waals surface area contributed by atoms with E-state index < -0.39 is 0 Å². The van der Waals surface area contributed by atoms with Crippen molar-refractivity contribution < 1.29 is 4.74 Å². The third-order valence-electron chi connectivity index (χ3n) is 2.05. The lowest BCUT2D eigenvalue weighted by atomic mass is 10.3. The third kappa shape index (κ3) is 4.65. The molecule has 0 amide bonds. The minimum absolute atomic E-state index is 0.645. The van der Waals surface area contributed by atoms with Gasteiger partial charge in [0, 0.05) is 24.5 Å². The zero-order chi connectivity index (χ0) is 10.9. The van der Waals surface area contributed by atoms with Crippen molar-refractivity contribution in [2.45, 2.75) is 13.3 Å². The molecule has 0 atom stereocenters. The average Bonchev–Trinajstić information content (AvgIpc) is 2.29. The lowest BCUT2D eigenvalue weighted by Crippen LogP contribution is -2.17. The van der Waals surface area contributed by atoms with Gasteiger partial charge >= 0.3 is 0 Å². The van der Waals surface area contributed by atoms with Crippen LogP contribution in [0, 0.1) is 0 Å². The number of aromatic nitrogens is 1. The normalized spacial score (nSPS) is 10.0. The van der Waals surface area contributed by atoms with Gasteiger partial charge in [0.25, 0.3) is 0 Å². The van der Waals surface area contributed by atoms with E-state index in [4.69, 9.17) is 4.74 Å². The predicted octanol–water partition coefficient (Wildman–Crippen LogP) is 1.50. The Labute approximate surface area is 91.1 Å². The van der Waals surface area contributed by atoms with Gasteiger partial charge in [-0.15, -0.1) is 0 Å². The average molecular weight is 209 g/mol. The Balaban J connectivity index is 2.24. The summed E-state index contributed by atoms with van der Waals surface area (Å²) in [6.45, 7) is 5.15. The highest BCUT2D eigenvalue weighted by Gasteiger charge is 1.95. The van der Waals surface area contributed by atoms with Gasteiger partial charge in [-0.3, -0.25) is 0 Å². The van der Waals surface area contributed by atoms with Crippen LogP contribution in [0.2, 0.25) is 0 Å². The van der Waals surface area contributed by atoms with Crippen LogP contribution in [0.5, 0.6) is 5.88 Å². The highest BCUT2D eigenvalue weighted by Crippen LogP contribution is 2.12. The number of methoxy groups -OCH3 is 1. The topological polar surface area (TPSA) is 46.2 Å². The van der Waals surface area contributed by atoms with Gasteiger partial charge in [0.15, 0.2) is 0 Å². The van der Waals surface area contributed by atoms with Gasteiger partial charge in [0.05, 0.1) is 7.11 Å². The number of rotatable bonds is 7. The Morgan fingerprint density at radius 2 is 2.27 bits per heavy atom. The monoisotopic (exact) mass is 209 g/mol. The molecule has 0 bridgehead atoms. The maximum Gasteiger partial charge on any atom is 0.214 e. The van der Waals surface area contributed by atoms with Crippen LogP contribution in [0.15, 0.2) is 18.3 Å². The largest absolute Gasteiger partial charge is 0.481 e. The molecule has 0 aliphatic carbocycles. The van der Waals surface area contributed by atoms with Gasteiger partial charge in [0.1, 0.15) is 0 Å².